The van der Waals surface area contributed by atoms with E-state index in [1.807, 2.05) is 0 Å². The summed E-state index contributed by atoms with van der Waals surface area (Å²) < 4.78 is 11.2. The van der Waals surface area contributed by atoms with Crippen molar-refractivity contribution in [3.8, 4) is 11.8 Å². The van der Waals surface area contributed by atoms with Crippen molar-refractivity contribution >= 4 is 34.8 Å². The summed E-state index contributed by atoms with van der Waals surface area (Å²) in [5.74, 6) is 0.337. The normalized spacial score (nSPS) is 15.3. The minimum atomic E-state index is -0.830. The van der Waals surface area contributed by atoms with Gasteiger partial charge in [-0.3, -0.25) is 4.79 Å². The van der Waals surface area contributed by atoms with Crippen molar-refractivity contribution in [1.29, 1.82) is 5.26 Å². The highest BCUT2D eigenvalue weighted by Crippen LogP contribution is 2.40. The molecule has 1 amide bonds. The van der Waals surface area contributed by atoms with Gasteiger partial charge in [0.1, 0.15) is 11.8 Å². The van der Waals surface area contributed by atoms with Gasteiger partial charge in [0.25, 0.3) is 0 Å². The summed E-state index contributed by atoms with van der Waals surface area (Å²) in [6, 6.07) is 12.4. The van der Waals surface area contributed by atoms with E-state index in [9.17, 15) is 10.1 Å². The monoisotopic (exact) mass is 446 g/mol. The molecule has 1 N–H and O–H groups in total. The van der Waals surface area contributed by atoms with Crippen LogP contribution in [0.2, 0.25) is 10.0 Å². The summed E-state index contributed by atoms with van der Waals surface area (Å²) in [7, 11) is 0. The van der Waals surface area contributed by atoms with Crippen molar-refractivity contribution in [3.63, 3.8) is 0 Å². The van der Waals surface area contributed by atoms with Crippen LogP contribution in [-0.2, 0) is 14.9 Å². The highest BCUT2D eigenvalue weighted by Gasteiger charge is 2.43. The fourth-order valence-electron chi connectivity index (χ4n) is 3.61. The maximum atomic E-state index is 13.5. The van der Waals surface area contributed by atoms with Crippen LogP contribution in [0, 0.1) is 11.3 Å². The summed E-state index contributed by atoms with van der Waals surface area (Å²) in [5.41, 5.74) is 0.822. The van der Waals surface area contributed by atoms with Gasteiger partial charge >= 0.3 is 0 Å². The van der Waals surface area contributed by atoms with Crippen molar-refractivity contribution in [2.75, 3.05) is 25.1 Å². The van der Waals surface area contributed by atoms with Crippen molar-refractivity contribution in [3.05, 3.63) is 57.6 Å². The molecule has 0 bridgehead atoms. The summed E-state index contributed by atoms with van der Waals surface area (Å²) in [6.45, 7) is 3.54. The molecule has 2 aromatic carbocycles. The molecule has 1 heterocycles. The lowest BCUT2D eigenvalue weighted by atomic mass is 9.73. The van der Waals surface area contributed by atoms with Gasteiger partial charge in [0, 0.05) is 28.9 Å². The molecule has 0 aliphatic carbocycles. The Morgan fingerprint density at radius 1 is 1.23 bits per heavy atom. The Bertz CT molecular complexity index is 950. The van der Waals surface area contributed by atoms with Crippen molar-refractivity contribution in [2.45, 2.75) is 38.0 Å². The van der Waals surface area contributed by atoms with Gasteiger partial charge in [-0.1, -0.05) is 42.6 Å². The molecular formula is C23H24Cl2N2O3. The van der Waals surface area contributed by atoms with Gasteiger partial charge in [0.15, 0.2) is 0 Å². The predicted octanol–water partition coefficient (Wildman–Crippen LogP) is 5.73. The molecule has 0 radical (unpaired) electrons. The van der Waals surface area contributed by atoms with Gasteiger partial charge in [-0.05, 0) is 55.2 Å². The molecule has 2 aromatic rings. The van der Waals surface area contributed by atoms with E-state index in [0.29, 0.717) is 59.7 Å². The van der Waals surface area contributed by atoms with Crippen LogP contribution in [0.4, 0.5) is 5.69 Å². The third-order valence-corrected chi connectivity index (χ3v) is 5.89. The molecule has 0 spiro atoms. The number of nitrogens with one attached hydrogen (secondary N) is 1. The summed E-state index contributed by atoms with van der Waals surface area (Å²) >= 11 is 12.5. The van der Waals surface area contributed by atoms with Gasteiger partial charge < -0.3 is 14.8 Å². The molecule has 0 unspecified atom stereocenters. The number of rotatable bonds is 7. The fraction of sp³-hybridized carbons (Fsp3) is 0.391. The maximum Gasteiger partial charge on any atom is 0.235 e. The molecule has 1 aliphatic heterocycles. The number of carbonyl (C=O) groups excluding carboxylic acids is 1. The van der Waals surface area contributed by atoms with E-state index in [2.05, 4.69) is 18.3 Å². The quantitative estimate of drug-likeness (QED) is 0.551. The number of benzene rings is 2. The molecule has 1 aliphatic rings. The second-order valence-corrected chi connectivity index (χ2v) is 8.14. The lowest BCUT2D eigenvalue weighted by Crippen LogP contribution is -2.45. The number of amides is 1. The number of nitriles is 1. The Morgan fingerprint density at radius 2 is 2.00 bits per heavy atom. The van der Waals surface area contributed by atoms with Gasteiger partial charge in [-0.2, -0.15) is 5.26 Å². The topological polar surface area (TPSA) is 71.3 Å². The zero-order valence-electron chi connectivity index (χ0n) is 16.8. The van der Waals surface area contributed by atoms with Crippen molar-refractivity contribution < 1.29 is 14.3 Å². The van der Waals surface area contributed by atoms with Crippen LogP contribution in [0.15, 0.2) is 36.4 Å². The number of nitrogens with zero attached hydrogens (tertiary/aromatic N) is 1. The van der Waals surface area contributed by atoms with Crippen molar-refractivity contribution in [2.24, 2.45) is 0 Å². The third-order valence-electron chi connectivity index (χ3n) is 5.34. The standard InChI is InChI=1S/C23H24Cl2N2O3/c1-2-3-10-30-21-7-5-18(13-16(21)15-26)27-22(28)23(8-11-29-12-9-23)19-6-4-17(24)14-20(19)25/h4-7,13-14H,2-3,8-12H2,1H3,(H,27,28). The third kappa shape index (κ3) is 4.89. The van der Waals surface area contributed by atoms with Crippen LogP contribution < -0.4 is 10.1 Å². The Kier molecular flexibility index (Phi) is 7.60. The van der Waals surface area contributed by atoms with Gasteiger partial charge in [0.2, 0.25) is 5.91 Å². The van der Waals surface area contributed by atoms with Gasteiger partial charge in [-0.25, -0.2) is 0 Å². The van der Waals surface area contributed by atoms with Crippen LogP contribution in [0.25, 0.3) is 0 Å². The zero-order valence-corrected chi connectivity index (χ0v) is 18.4. The summed E-state index contributed by atoms with van der Waals surface area (Å²) in [6.07, 6.45) is 2.93. The molecule has 1 saturated heterocycles. The number of hydrogen-bond donors (Lipinski definition) is 1. The molecule has 3 rings (SSSR count). The maximum absolute atomic E-state index is 13.5. The lowest BCUT2D eigenvalue weighted by molar-refractivity contribution is -0.125. The molecular weight excluding hydrogens is 423 g/mol. The van der Waals surface area contributed by atoms with E-state index in [4.69, 9.17) is 32.7 Å². The highest BCUT2D eigenvalue weighted by molar-refractivity contribution is 6.35. The van der Waals surface area contributed by atoms with E-state index in [0.717, 1.165) is 18.4 Å². The smallest absolute Gasteiger partial charge is 0.235 e. The number of anilines is 1. The Labute approximate surface area is 186 Å². The molecule has 0 saturated carbocycles. The Morgan fingerprint density at radius 3 is 2.67 bits per heavy atom. The number of unbranched alkanes of at least 4 members (excludes halogenated alkanes) is 1. The number of halogens is 2. The average molecular weight is 447 g/mol. The lowest BCUT2D eigenvalue weighted by Gasteiger charge is -2.36. The molecule has 158 valence electrons. The highest BCUT2D eigenvalue weighted by atomic mass is 35.5. The molecule has 5 nitrogen and oxygen atoms in total. The van der Waals surface area contributed by atoms with Crippen LogP contribution in [0.1, 0.15) is 43.7 Å². The number of carbonyl (C=O) groups is 1. The molecule has 7 heteroatoms. The largest absolute Gasteiger partial charge is 0.492 e. The second kappa shape index (κ2) is 10.2. The van der Waals surface area contributed by atoms with Crippen LogP contribution in [0.5, 0.6) is 5.75 Å². The fourth-order valence-corrected chi connectivity index (χ4v) is 4.20. The number of ether oxygens (including phenoxy) is 2. The summed E-state index contributed by atoms with van der Waals surface area (Å²) in [5, 5.41) is 13.4. The number of hydrogen-bond acceptors (Lipinski definition) is 4. The zero-order chi connectivity index (χ0) is 21.6. The van der Waals surface area contributed by atoms with E-state index < -0.39 is 5.41 Å². The molecule has 1 fully saturated rings. The summed E-state index contributed by atoms with van der Waals surface area (Å²) in [4.78, 5) is 13.5. The first-order valence-corrected chi connectivity index (χ1v) is 10.8. The Hall–Kier alpha value is -2.26. The molecule has 0 aromatic heterocycles. The minimum absolute atomic E-state index is 0.182. The van der Waals surface area contributed by atoms with E-state index in [-0.39, 0.29) is 5.91 Å². The van der Waals surface area contributed by atoms with Crippen LogP contribution in [-0.4, -0.2) is 25.7 Å². The minimum Gasteiger partial charge on any atom is -0.492 e. The first kappa shape index (κ1) is 22.4. The second-order valence-electron chi connectivity index (χ2n) is 7.30. The Balaban J connectivity index is 1.87. The van der Waals surface area contributed by atoms with Gasteiger partial charge in [0.05, 0.1) is 17.6 Å². The van der Waals surface area contributed by atoms with E-state index >= 15 is 0 Å². The average Bonchev–Trinajstić information content (AvgIpc) is 2.75. The van der Waals surface area contributed by atoms with Crippen LogP contribution >= 0.6 is 23.2 Å². The predicted molar refractivity (Wildman–Crippen MR) is 118 cm³/mol. The van der Waals surface area contributed by atoms with E-state index in [1.54, 1.807) is 36.4 Å². The SMILES string of the molecule is CCCCOc1ccc(NC(=O)C2(c3ccc(Cl)cc3Cl)CCOCC2)cc1C#N. The van der Waals surface area contributed by atoms with Crippen molar-refractivity contribution in [1.82, 2.24) is 0 Å². The first-order valence-electron chi connectivity index (χ1n) is 10.0. The molecule has 30 heavy (non-hydrogen) atoms. The molecule has 0 atom stereocenters. The van der Waals surface area contributed by atoms with Gasteiger partial charge in [-0.15, -0.1) is 0 Å². The first-order chi connectivity index (χ1) is 14.5. The van der Waals surface area contributed by atoms with Crippen LogP contribution in [0.3, 0.4) is 0 Å². The van der Waals surface area contributed by atoms with E-state index in [1.165, 1.54) is 0 Å².